The fraction of sp³-hybridized carbons (Fsp3) is 0. The van der Waals surface area contributed by atoms with Crippen molar-refractivity contribution in [3.05, 3.63) is 45.5 Å². The maximum atomic E-state index is 11.0. The fourth-order valence-electron chi connectivity index (χ4n) is 1.48. The molecule has 2 rings (SSSR count). The van der Waals surface area contributed by atoms with Crippen molar-refractivity contribution >= 4 is 50.7 Å². The highest BCUT2D eigenvalue weighted by Gasteiger charge is 2.13. The Labute approximate surface area is 122 Å². The number of carboxylic acid groups (broad SMARTS) is 1. The molecule has 0 bridgehead atoms. The van der Waals surface area contributed by atoms with Crippen molar-refractivity contribution in [3.8, 4) is 0 Å². The Morgan fingerprint density at radius 3 is 2.79 bits per heavy atom. The molecule has 1 aromatic heterocycles. The van der Waals surface area contributed by atoms with E-state index in [-0.39, 0.29) is 17.1 Å². The van der Waals surface area contributed by atoms with Gasteiger partial charge in [0.25, 0.3) is 0 Å². The summed E-state index contributed by atoms with van der Waals surface area (Å²) in [5, 5.41) is 12.5. The van der Waals surface area contributed by atoms with E-state index < -0.39 is 5.97 Å². The molecule has 2 aromatic rings. The number of nitrogen functional groups attached to an aromatic ring is 1. The molecule has 0 amide bonds. The number of nitrogens with two attached hydrogens (primary N) is 1. The van der Waals surface area contributed by atoms with Gasteiger partial charge < -0.3 is 16.2 Å². The van der Waals surface area contributed by atoms with Crippen molar-refractivity contribution in [2.24, 2.45) is 0 Å². The van der Waals surface area contributed by atoms with Gasteiger partial charge in [-0.05, 0) is 40.2 Å². The molecule has 0 radical (unpaired) electrons. The first-order valence-corrected chi connectivity index (χ1v) is 6.36. The number of carbonyl (C=O) groups is 1. The van der Waals surface area contributed by atoms with Crippen LogP contribution in [0.5, 0.6) is 0 Å². The van der Waals surface area contributed by atoms with Crippen LogP contribution in [0.25, 0.3) is 0 Å². The quantitative estimate of drug-likeness (QED) is 0.794. The Balaban J connectivity index is 2.38. The summed E-state index contributed by atoms with van der Waals surface area (Å²) in [4.78, 5) is 15.0. The lowest BCUT2D eigenvalue weighted by molar-refractivity contribution is 0.0698. The summed E-state index contributed by atoms with van der Waals surface area (Å²) >= 11 is 9.19. The number of benzene rings is 1. The molecule has 0 atom stereocenters. The average molecular weight is 343 g/mol. The number of rotatable bonds is 3. The standard InChI is InChI=1S/C12H9BrClN3O2/c13-8-5-6(14)1-2-9(8)17-11-10(15)7(12(18)19)3-4-16-11/h1-5H,15H2,(H,16,17)(H,18,19). The number of halogens is 2. The van der Waals surface area contributed by atoms with E-state index in [4.69, 9.17) is 22.4 Å². The Morgan fingerprint density at radius 2 is 2.16 bits per heavy atom. The number of aromatic nitrogens is 1. The monoisotopic (exact) mass is 341 g/mol. The summed E-state index contributed by atoms with van der Waals surface area (Å²) in [7, 11) is 0. The second-order valence-electron chi connectivity index (χ2n) is 3.68. The van der Waals surface area contributed by atoms with Gasteiger partial charge in [0.2, 0.25) is 0 Å². The van der Waals surface area contributed by atoms with Crippen molar-refractivity contribution in [3.63, 3.8) is 0 Å². The highest BCUT2D eigenvalue weighted by molar-refractivity contribution is 9.10. The molecule has 0 saturated carbocycles. The van der Waals surface area contributed by atoms with E-state index in [2.05, 4.69) is 26.2 Å². The minimum Gasteiger partial charge on any atom is -0.478 e. The largest absolute Gasteiger partial charge is 0.478 e. The smallest absolute Gasteiger partial charge is 0.337 e. The van der Waals surface area contributed by atoms with Crippen LogP contribution in [0.4, 0.5) is 17.2 Å². The van der Waals surface area contributed by atoms with Crippen LogP contribution in [0, 0.1) is 0 Å². The normalized spacial score (nSPS) is 10.2. The zero-order valence-electron chi connectivity index (χ0n) is 9.52. The molecule has 0 unspecified atom stereocenters. The highest BCUT2D eigenvalue weighted by atomic mass is 79.9. The third-order valence-electron chi connectivity index (χ3n) is 2.40. The zero-order chi connectivity index (χ0) is 14.0. The van der Waals surface area contributed by atoms with Gasteiger partial charge in [-0.2, -0.15) is 0 Å². The second-order valence-corrected chi connectivity index (χ2v) is 4.97. The van der Waals surface area contributed by atoms with E-state index in [1.165, 1.54) is 12.3 Å². The number of carboxylic acids is 1. The van der Waals surface area contributed by atoms with Crippen molar-refractivity contribution in [2.45, 2.75) is 0 Å². The summed E-state index contributed by atoms with van der Waals surface area (Å²) in [6.07, 6.45) is 1.38. The lowest BCUT2D eigenvalue weighted by Gasteiger charge is -2.11. The average Bonchev–Trinajstić information content (AvgIpc) is 2.34. The van der Waals surface area contributed by atoms with Crippen molar-refractivity contribution in [2.75, 3.05) is 11.1 Å². The van der Waals surface area contributed by atoms with Crippen LogP contribution in [-0.2, 0) is 0 Å². The summed E-state index contributed by atoms with van der Waals surface area (Å²) in [6, 6.07) is 6.49. The second kappa shape index (κ2) is 5.46. The molecule has 0 spiro atoms. The van der Waals surface area contributed by atoms with Gasteiger partial charge in [-0.25, -0.2) is 9.78 Å². The molecule has 0 saturated heterocycles. The van der Waals surface area contributed by atoms with Crippen molar-refractivity contribution in [1.82, 2.24) is 4.98 Å². The molecule has 1 heterocycles. The first-order chi connectivity index (χ1) is 8.99. The van der Waals surface area contributed by atoms with Gasteiger partial charge in [0, 0.05) is 15.7 Å². The molecular formula is C12H9BrClN3O2. The minimum absolute atomic E-state index is 0.00239. The summed E-state index contributed by atoms with van der Waals surface area (Å²) in [5.41, 5.74) is 6.53. The van der Waals surface area contributed by atoms with Crippen LogP contribution >= 0.6 is 27.5 Å². The number of nitrogens with zero attached hydrogens (tertiary/aromatic N) is 1. The van der Waals surface area contributed by atoms with Crippen molar-refractivity contribution in [1.29, 1.82) is 0 Å². The van der Waals surface area contributed by atoms with Crippen LogP contribution in [0.3, 0.4) is 0 Å². The number of hydrogen-bond donors (Lipinski definition) is 3. The molecule has 0 aliphatic heterocycles. The van der Waals surface area contributed by atoms with Gasteiger partial charge in [0.1, 0.15) is 0 Å². The Morgan fingerprint density at radius 1 is 1.42 bits per heavy atom. The van der Waals surface area contributed by atoms with Gasteiger partial charge in [-0.3, -0.25) is 0 Å². The van der Waals surface area contributed by atoms with Crippen LogP contribution in [0.2, 0.25) is 5.02 Å². The van der Waals surface area contributed by atoms with E-state index in [1.54, 1.807) is 18.2 Å². The highest BCUT2D eigenvalue weighted by Crippen LogP contribution is 2.30. The summed E-state index contributed by atoms with van der Waals surface area (Å²) in [5.74, 6) is -0.818. The molecule has 0 fully saturated rings. The molecule has 4 N–H and O–H groups in total. The molecule has 1 aromatic carbocycles. The van der Waals surface area contributed by atoms with Gasteiger partial charge in [-0.1, -0.05) is 11.6 Å². The summed E-state index contributed by atoms with van der Waals surface area (Å²) < 4.78 is 0.724. The van der Waals surface area contributed by atoms with Gasteiger partial charge in [-0.15, -0.1) is 0 Å². The van der Waals surface area contributed by atoms with E-state index in [1.807, 2.05) is 0 Å². The van der Waals surface area contributed by atoms with Crippen LogP contribution in [0.15, 0.2) is 34.9 Å². The van der Waals surface area contributed by atoms with Gasteiger partial charge in [0.05, 0.1) is 16.9 Å². The maximum Gasteiger partial charge on any atom is 0.337 e. The van der Waals surface area contributed by atoms with E-state index in [0.29, 0.717) is 10.7 Å². The van der Waals surface area contributed by atoms with Crippen molar-refractivity contribution < 1.29 is 9.90 Å². The SMILES string of the molecule is Nc1c(C(=O)O)ccnc1Nc1ccc(Cl)cc1Br. The lowest BCUT2D eigenvalue weighted by atomic mass is 10.2. The summed E-state index contributed by atoms with van der Waals surface area (Å²) in [6.45, 7) is 0. The minimum atomic E-state index is -1.10. The molecule has 19 heavy (non-hydrogen) atoms. The third-order valence-corrected chi connectivity index (χ3v) is 3.30. The van der Waals surface area contributed by atoms with E-state index in [9.17, 15) is 4.79 Å². The first kappa shape index (κ1) is 13.6. The molecular weight excluding hydrogens is 334 g/mol. The van der Waals surface area contributed by atoms with Crippen LogP contribution < -0.4 is 11.1 Å². The lowest BCUT2D eigenvalue weighted by Crippen LogP contribution is -2.07. The Kier molecular flexibility index (Phi) is 3.92. The van der Waals surface area contributed by atoms with E-state index >= 15 is 0 Å². The maximum absolute atomic E-state index is 11.0. The predicted molar refractivity (Wildman–Crippen MR) is 78.0 cm³/mol. The Bertz CT molecular complexity index is 649. The molecule has 0 aliphatic carbocycles. The van der Waals surface area contributed by atoms with E-state index in [0.717, 1.165) is 4.47 Å². The number of anilines is 3. The number of pyridine rings is 1. The van der Waals surface area contributed by atoms with Crippen LogP contribution in [-0.4, -0.2) is 16.1 Å². The molecule has 5 nitrogen and oxygen atoms in total. The molecule has 98 valence electrons. The number of hydrogen-bond acceptors (Lipinski definition) is 4. The molecule has 0 aliphatic rings. The number of nitrogens with one attached hydrogen (secondary N) is 1. The zero-order valence-corrected chi connectivity index (χ0v) is 11.9. The Hall–Kier alpha value is -1.79. The topological polar surface area (TPSA) is 88.2 Å². The van der Waals surface area contributed by atoms with Gasteiger partial charge >= 0.3 is 5.97 Å². The van der Waals surface area contributed by atoms with Gasteiger partial charge in [0.15, 0.2) is 5.82 Å². The van der Waals surface area contributed by atoms with Crippen LogP contribution in [0.1, 0.15) is 10.4 Å². The molecule has 7 heteroatoms. The predicted octanol–water partition coefficient (Wildman–Crippen LogP) is 3.52. The number of aromatic carboxylic acids is 1. The fourth-order valence-corrected chi connectivity index (χ4v) is 2.26. The third kappa shape index (κ3) is 2.97. The first-order valence-electron chi connectivity index (χ1n) is 5.19.